The van der Waals surface area contributed by atoms with Gasteiger partial charge in [-0.05, 0) is 6.08 Å². The number of methoxy groups -OCH3 is 2. The zero-order valence-electron chi connectivity index (χ0n) is 9.61. The molecule has 90 valence electrons. The first-order valence-corrected chi connectivity index (χ1v) is 5.08. The maximum atomic E-state index is 10.7. The molecule has 0 atom stereocenters. The third-order valence-electron chi connectivity index (χ3n) is 2.65. The number of hydrogen-bond acceptors (Lipinski definition) is 5. The van der Waals surface area contributed by atoms with Crippen molar-refractivity contribution in [3.05, 3.63) is 17.2 Å². The standard InChI is InChI=1S/C12H13NO4/c1-16-10-4-9-8(12(17-2)11(10)15)3-7(6-14)5-13-9/h3-4,6,13,15H,5H2,1-2H3. The van der Waals surface area contributed by atoms with E-state index in [1.54, 1.807) is 12.1 Å². The van der Waals surface area contributed by atoms with E-state index in [9.17, 15) is 9.90 Å². The molecule has 2 rings (SSSR count). The molecule has 17 heavy (non-hydrogen) atoms. The molecule has 0 aliphatic carbocycles. The number of aldehydes is 1. The summed E-state index contributed by atoms with van der Waals surface area (Å²) >= 11 is 0. The zero-order valence-corrected chi connectivity index (χ0v) is 9.61. The Hall–Kier alpha value is -2.17. The highest BCUT2D eigenvalue weighted by Gasteiger charge is 2.20. The van der Waals surface area contributed by atoms with E-state index in [0.717, 1.165) is 12.0 Å². The summed E-state index contributed by atoms with van der Waals surface area (Å²) in [6.07, 6.45) is 2.47. The molecule has 0 saturated carbocycles. The molecule has 0 saturated heterocycles. The van der Waals surface area contributed by atoms with Crippen LogP contribution in [0.15, 0.2) is 11.6 Å². The number of benzene rings is 1. The van der Waals surface area contributed by atoms with Crippen molar-refractivity contribution >= 4 is 18.0 Å². The number of carbonyl (C=O) groups excluding carboxylic acids is 1. The molecule has 1 aliphatic heterocycles. The number of carbonyl (C=O) groups is 1. The molecule has 0 spiro atoms. The molecule has 0 bridgehead atoms. The molecule has 0 unspecified atom stereocenters. The average Bonchev–Trinajstić information content (AvgIpc) is 2.37. The Morgan fingerprint density at radius 1 is 1.41 bits per heavy atom. The highest BCUT2D eigenvalue weighted by molar-refractivity contribution is 5.91. The van der Waals surface area contributed by atoms with Gasteiger partial charge >= 0.3 is 0 Å². The molecule has 0 aromatic heterocycles. The molecule has 1 aliphatic rings. The van der Waals surface area contributed by atoms with Gasteiger partial charge in [0.25, 0.3) is 0 Å². The summed E-state index contributed by atoms with van der Waals surface area (Å²) in [6, 6.07) is 1.67. The fourth-order valence-corrected chi connectivity index (χ4v) is 1.80. The van der Waals surface area contributed by atoms with E-state index in [4.69, 9.17) is 9.47 Å². The van der Waals surface area contributed by atoms with Crippen LogP contribution in [0.3, 0.4) is 0 Å². The normalized spacial score (nSPS) is 13.2. The first-order chi connectivity index (χ1) is 8.21. The van der Waals surface area contributed by atoms with E-state index in [2.05, 4.69) is 5.32 Å². The van der Waals surface area contributed by atoms with Crippen molar-refractivity contribution in [3.63, 3.8) is 0 Å². The highest BCUT2D eigenvalue weighted by atomic mass is 16.5. The van der Waals surface area contributed by atoms with Gasteiger partial charge in [0.2, 0.25) is 5.75 Å². The van der Waals surface area contributed by atoms with Gasteiger partial charge in [0, 0.05) is 29.4 Å². The lowest BCUT2D eigenvalue weighted by Gasteiger charge is -2.20. The van der Waals surface area contributed by atoms with Crippen LogP contribution in [-0.4, -0.2) is 32.2 Å². The number of rotatable bonds is 3. The molecule has 1 heterocycles. The van der Waals surface area contributed by atoms with Crippen LogP contribution in [0.1, 0.15) is 5.56 Å². The van der Waals surface area contributed by atoms with Gasteiger partial charge in [-0.2, -0.15) is 0 Å². The maximum absolute atomic E-state index is 10.7. The van der Waals surface area contributed by atoms with Crippen LogP contribution in [0.4, 0.5) is 5.69 Å². The van der Waals surface area contributed by atoms with Crippen molar-refractivity contribution < 1.29 is 19.4 Å². The molecule has 2 N–H and O–H groups in total. The Kier molecular flexibility index (Phi) is 2.91. The second-order valence-electron chi connectivity index (χ2n) is 3.61. The summed E-state index contributed by atoms with van der Waals surface area (Å²) in [5.41, 5.74) is 2.02. The quantitative estimate of drug-likeness (QED) is 0.612. The largest absolute Gasteiger partial charge is 0.502 e. The third-order valence-corrected chi connectivity index (χ3v) is 2.65. The van der Waals surface area contributed by atoms with Gasteiger partial charge in [0.1, 0.15) is 6.29 Å². The SMILES string of the molecule is COc1cc2c(c(OC)c1O)C=C(C=O)CN2. The van der Waals surface area contributed by atoms with Crippen LogP contribution < -0.4 is 14.8 Å². The smallest absolute Gasteiger partial charge is 0.201 e. The Bertz CT molecular complexity index is 494. The second-order valence-corrected chi connectivity index (χ2v) is 3.61. The van der Waals surface area contributed by atoms with Gasteiger partial charge in [0.05, 0.1) is 14.2 Å². The predicted molar refractivity (Wildman–Crippen MR) is 63.7 cm³/mol. The van der Waals surface area contributed by atoms with E-state index >= 15 is 0 Å². The van der Waals surface area contributed by atoms with Crippen molar-refractivity contribution in [2.24, 2.45) is 0 Å². The number of hydrogen-bond donors (Lipinski definition) is 2. The van der Waals surface area contributed by atoms with Gasteiger partial charge in [-0.3, -0.25) is 4.79 Å². The molecule has 1 aromatic carbocycles. The van der Waals surface area contributed by atoms with Gasteiger partial charge in [-0.15, -0.1) is 0 Å². The second kappa shape index (κ2) is 4.37. The zero-order chi connectivity index (χ0) is 12.4. The molecule has 1 aromatic rings. The van der Waals surface area contributed by atoms with E-state index in [-0.39, 0.29) is 5.75 Å². The van der Waals surface area contributed by atoms with Crippen LogP contribution in [0.25, 0.3) is 6.08 Å². The monoisotopic (exact) mass is 235 g/mol. The van der Waals surface area contributed by atoms with Crippen molar-refractivity contribution in [2.45, 2.75) is 0 Å². The van der Waals surface area contributed by atoms with Crippen LogP contribution in [0.2, 0.25) is 0 Å². The maximum Gasteiger partial charge on any atom is 0.201 e. The molecule has 0 amide bonds. The van der Waals surface area contributed by atoms with Gasteiger partial charge in [-0.1, -0.05) is 0 Å². The Balaban J connectivity index is 2.65. The number of phenolic OH excluding ortho intramolecular Hbond substituents is 1. The molecule has 0 fully saturated rings. The fraction of sp³-hybridized carbons (Fsp3) is 0.250. The van der Waals surface area contributed by atoms with Crippen molar-refractivity contribution in [3.8, 4) is 17.2 Å². The molecule has 0 radical (unpaired) electrons. The Morgan fingerprint density at radius 3 is 2.76 bits per heavy atom. The van der Waals surface area contributed by atoms with Gasteiger partial charge < -0.3 is 19.9 Å². The summed E-state index contributed by atoms with van der Waals surface area (Å²) in [5.74, 6) is 0.556. The van der Waals surface area contributed by atoms with Crippen molar-refractivity contribution in [1.82, 2.24) is 0 Å². The molecule has 5 heteroatoms. The summed E-state index contributed by atoms with van der Waals surface area (Å²) in [6.45, 7) is 0.452. The van der Waals surface area contributed by atoms with E-state index in [0.29, 0.717) is 29.2 Å². The van der Waals surface area contributed by atoms with E-state index in [1.165, 1.54) is 14.2 Å². The lowest BCUT2D eigenvalue weighted by atomic mass is 10.0. The van der Waals surface area contributed by atoms with Crippen molar-refractivity contribution in [2.75, 3.05) is 26.1 Å². The summed E-state index contributed by atoms with van der Waals surface area (Å²) < 4.78 is 10.2. The summed E-state index contributed by atoms with van der Waals surface area (Å²) in [4.78, 5) is 10.7. The first kappa shape index (κ1) is 11.3. The third kappa shape index (κ3) is 1.80. The Morgan fingerprint density at radius 2 is 2.18 bits per heavy atom. The number of ether oxygens (including phenoxy) is 2. The minimum Gasteiger partial charge on any atom is -0.502 e. The molecule has 5 nitrogen and oxygen atoms in total. The van der Waals surface area contributed by atoms with Crippen molar-refractivity contribution in [1.29, 1.82) is 0 Å². The lowest BCUT2D eigenvalue weighted by Crippen LogP contribution is -2.12. The summed E-state index contributed by atoms with van der Waals surface area (Å²) in [5, 5.41) is 13.0. The lowest BCUT2D eigenvalue weighted by molar-refractivity contribution is -0.104. The molecular formula is C12H13NO4. The summed E-state index contributed by atoms with van der Waals surface area (Å²) in [7, 11) is 2.92. The van der Waals surface area contributed by atoms with Gasteiger partial charge in [-0.25, -0.2) is 0 Å². The molecular weight excluding hydrogens is 222 g/mol. The van der Waals surface area contributed by atoms with Crippen LogP contribution in [-0.2, 0) is 4.79 Å². The number of fused-ring (bicyclic) bond motifs is 1. The van der Waals surface area contributed by atoms with E-state index in [1.807, 2.05) is 0 Å². The van der Waals surface area contributed by atoms with Crippen LogP contribution in [0, 0.1) is 0 Å². The highest BCUT2D eigenvalue weighted by Crippen LogP contribution is 2.45. The minimum absolute atomic E-state index is 0.0704. The minimum atomic E-state index is -0.0704. The topological polar surface area (TPSA) is 67.8 Å². The predicted octanol–water partition coefficient (Wildman–Crippen LogP) is 1.42. The first-order valence-electron chi connectivity index (χ1n) is 5.08. The fourth-order valence-electron chi connectivity index (χ4n) is 1.80. The van der Waals surface area contributed by atoms with Crippen LogP contribution in [0.5, 0.6) is 17.2 Å². The Labute approximate surface area is 98.7 Å². The van der Waals surface area contributed by atoms with Crippen LogP contribution >= 0.6 is 0 Å². The number of anilines is 1. The van der Waals surface area contributed by atoms with Gasteiger partial charge in [0.15, 0.2) is 11.5 Å². The number of nitrogens with one attached hydrogen (secondary N) is 1. The van der Waals surface area contributed by atoms with E-state index < -0.39 is 0 Å². The number of aromatic hydroxyl groups is 1. The number of phenols is 1. The average molecular weight is 235 g/mol.